The van der Waals surface area contributed by atoms with E-state index in [9.17, 15) is 9.59 Å². The van der Waals surface area contributed by atoms with Crippen LogP contribution in [-0.4, -0.2) is 18.0 Å². The van der Waals surface area contributed by atoms with Crippen LogP contribution in [0.2, 0.25) is 10.0 Å². The molecular weight excluding hydrogens is 505 g/mol. The first kappa shape index (κ1) is 22.8. The first-order chi connectivity index (χ1) is 14.9. The fourth-order valence-corrected chi connectivity index (χ4v) is 3.18. The zero-order chi connectivity index (χ0) is 22.2. The average molecular weight is 521 g/mol. The van der Waals surface area contributed by atoms with Gasteiger partial charge in [-0.3, -0.25) is 9.59 Å². The molecule has 2 amide bonds. The maximum Gasteiger partial charge on any atom is 0.329 e. The van der Waals surface area contributed by atoms with E-state index in [1.54, 1.807) is 66.7 Å². The molecule has 158 valence electrons. The van der Waals surface area contributed by atoms with Gasteiger partial charge in [0.15, 0.2) is 0 Å². The van der Waals surface area contributed by atoms with E-state index in [0.29, 0.717) is 32.6 Å². The van der Waals surface area contributed by atoms with Gasteiger partial charge >= 0.3 is 11.8 Å². The number of halogens is 3. The normalized spacial score (nSPS) is 10.7. The maximum absolute atomic E-state index is 11.9. The molecule has 0 saturated heterocycles. The summed E-state index contributed by atoms with van der Waals surface area (Å²) >= 11 is 15.6. The van der Waals surface area contributed by atoms with Gasteiger partial charge in [0.2, 0.25) is 0 Å². The van der Waals surface area contributed by atoms with Gasteiger partial charge in [0.05, 0.1) is 6.21 Å². The van der Waals surface area contributed by atoms with Crippen LogP contribution in [-0.2, 0) is 16.2 Å². The third-order valence-corrected chi connectivity index (χ3v) is 5.25. The molecule has 6 nitrogen and oxygen atoms in total. The van der Waals surface area contributed by atoms with Crippen LogP contribution < -0.4 is 15.5 Å². The van der Waals surface area contributed by atoms with E-state index in [1.165, 1.54) is 6.21 Å². The van der Waals surface area contributed by atoms with E-state index in [2.05, 4.69) is 31.8 Å². The Morgan fingerprint density at radius 3 is 2.23 bits per heavy atom. The molecule has 0 saturated carbocycles. The van der Waals surface area contributed by atoms with Crippen molar-refractivity contribution in [2.45, 2.75) is 6.61 Å². The Labute approximate surface area is 197 Å². The standard InChI is InChI=1S/C22H16BrCl2N3O3/c23-15-6-8-16(9-7-15)27-21(29)22(30)28-26-12-14-4-10-17(11-5-14)31-13-18-19(24)2-1-3-20(18)25/h1-12H,13H2,(H,27,29)(H,28,30). The number of rotatable bonds is 6. The molecule has 0 fully saturated rings. The lowest BCUT2D eigenvalue weighted by Crippen LogP contribution is -2.32. The highest BCUT2D eigenvalue weighted by Crippen LogP contribution is 2.25. The summed E-state index contributed by atoms with van der Waals surface area (Å²) in [5.41, 5.74) is 4.10. The Hall–Kier alpha value is -2.87. The average Bonchev–Trinajstić information content (AvgIpc) is 2.76. The molecule has 0 aliphatic rings. The number of benzene rings is 3. The second kappa shape index (κ2) is 10.9. The van der Waals surface area contributed by atoms with E-state index in [1.807, 2.05) is 0 Å². The molecule has 0 bridgehead atoms. The van der Waals surface area contributed by atoms with Gasteiger partial charge in [-0.25, -0.2) is 5.43 Å². The van der Waals surface area contributed by atoms with Crippen molar-refractivity contribution in [2.24, 2.45) is 5.10 Å². The zero-order valence-corrected chi connectivity index (χ0v) is 19.0. The van der Waals surface area contributed by atoms with E-state index in [4.69, 9.17) is 27.9 Å². The van der Waals surface area contributed by atoms with Gasteiger partial charge in [0.1, 0.15) is 12.4 Å². The number of anilines is 1. The Balaban J connectivity index is 1.49. The molecule has 0 aliphatic heterocycles. The molecule has 9 heteroatoms. The quantitative estimate of drug-likeness (QED) is 0.258. The summed E-state index contributed by atoms with van der Waals surface area (Å²) in [7, 11) is 0. The SMILES string of the molecule is O=C(NN=Cc1ccc(OCc2c(Cl)cccc2Cl)cc1)C(=O)Nc1ccc(Br)cc1. The molecule has 3 aromatic rings. The van der Waals surface area contributed by atoms with Crippen LogP contribution in [0.5, 0.6) is 5.75 Å². The third-order valence-electron chi connectivity index (χ3n) is 4.01. The van der Waals surface area contributed by atoms with Crippen molar-refractivity contribution in [3.63, 3.8) is 0 Å². The predicted octanol–water partition coefficient (Wildman–Crippen LogP) is 5.42. The smallest absolute Gasteiger partial charge is 0.329 e. The number of hydrazone groups is 1. The van der Waals surface area contributed by atoms with Crippen molar-refractivity contribution in [2.75, 3.05) is 5.32 Å². The van der Waals surface area contributed by atoms with Crippen LogP contribution in [0, 0.1) is 0 Å². The number of nitrogens with zero attached hydrogens (tertiary/aromatic N) is 1. The lowest BCUT2D eigenvalue weighted by molar-refractivity contribution is -0.136. The van der Waals surface area contributed by atoms with Gasteiger partial charge < -0.3 is 10.1 Å². The van der Waals surface area contributed by atoms with Crippen LogP contribution >= 0.6 is 39.1 Å². The Morgan fingerprint density at radius 2 is 1.58 bits per heavy atom. The molecule has 3 rings (SSSR count). The third kappa shape index (κ3) is 6.82. The molecule has 0 heterocycles. The van der Waals surface area contributed by atoms with Crippen LogP contribution in [0.25, 0.3) is 0 Å². The Bertz CT molecular complexity index is 1080. The number of amides is 2. The van der Waals surface area contributed by atoms with Crippen molar-refractivity contribution in [3.8, 4) is 5.75 Å². The second-order valence-corrected chi connectivity index (χ2v) is 7.95. The van der Waals surface area contributed by atoms with E-state index >= 15 is 0 Å². The molecule has 0 aromatic heterocycles. The fourth-order valence-electron chi connectivity index (χ4n) is 2.41. The van der Waals surface area contributed by atoms with Gasteiger partial charge in [-0.1, -0.05) is 45.2 Å². The summed E-state index contributed by atoms with van der Waals surface area (Å²) in [5, 5.41) is 7.35. The summed E-state index contributed by atoms with van der Waals surface area (Å²) in [6, 6.07) is 19.1. The zero-order valence-electron chi connectivity index (χ0n) is 15.9. The molecule has 0 aliphatic carbocycles. The number of hydrogen-bond donors (Lipinski definition) is 2. The van der Waals surface area contributed by atoms with Gasteiger partial charge in [-0.2, -0.15) is 5.10 Å². The predicted molar refractivity (Wildman–Crippen MR) is 126 cm³/mol. The minimum absolute atomic E-state index is 0.232. The molecule has 0 atom stereocenters. The van der Waals surface area contributed by atoms with Crippen LogP contribution in [0.3, 0.4) is 0 Å². The number of carbonyl (C=O) groups is 2. The van der Waals surface area contributed by atoms with E-state index in [0.717, 1.165) is 4.47 Å². The molecule has 31 heavy (non-hydrogen) atoms. The molecule has 3 aromatic carbocycles. The summed E-state index contributed by atoms with van der Waals surface area (Å²) in [5.74, 6) is -1.08. The maximum atomic E-state index is 11.9. The van der Waals surface area contributed by atoms with Crippen molar-refractivity contribution in [1.82, 2.24) is 5.43 Å². The molecule has 0 radical (unpaired) electrons. The minimum atomic E-state index is -0.879. The number of nitrogens with one attached hydrogen (secondary N) is 2. The second-order valence-electron chi connectivity index (χ2n) is 6.22. The number of hydrogen-bond acceptors (Lipinski definition) is 4. The first-order valence-electron chi connectivity index (χ1n) is 8.98. The number of carbonyl (C=O) groups excluding carboxylic acids is 2. The Kier molecular flexibility index (Phi) is 8.06. The first-order valence-corrected chi connectivity index (χ1v) is 10.5. The van der Waals surface area contributed by atoms with Gasteiger partial charge in [0, 0.05) is 25.8 Å². The topological polar surface area (TPSA) is 79.8 Å². The summed E-state index contributed by atoms with van der Waals surface area (Å²) in [6.45, 7) is 0.232. The molecule has 0 unspecified atom stereocenters. The highest BCUT2D eigenvalue weighted by atomic mass is 79.9. The van der Waals surface area contributed by atoms with Crippen LogP contribution in [0.4, 0.5) is 5.69 Å². The van der Waals surface area contributed by atoms with Gasteiger partial charge in [-0.15, -0.1) is 0 Å². The van der Waals surface area contributed by atoms with E-state index in [-0.39, 0.29) is 6.61 Å². The summed E-state index contributed by atoms with van der Waals surface area (Å²) < 4.78 is 6.57. The minimum Gasteiger partial charge on any atom is -0.489 e. The number of ether oxygens (including phenoxy) is 1. The summed E-state index contributed by atoms with van der Waals surface area (Å²) in [6.07, 6.45) is 1.42. The fraction of sp³-hybridized carbons (Fsp3) is 0.0455. The molecule has 2 N–H and O–H groups in total. The largest absolute Gasteiger partial charge is 0.489 e. The lowest BCUT2D eigenvalue weighted by atomic mass is 10.2. The van der Waals surface area contributed by atoms with Crippen LogP contribution in [0.15, 0.2) is 76.3 Å². The van der Waals surface area contributed by atoms with Crippen molar-refractivity contribution >= 4 is 62.8 Å². The molecular formula is C22H16BrCl2N3O3. The lowest BCUT2D eigenvalue weighted by Gasteiger charge is -2.09. The van der Waals surface area contributed by atoms with Gasteiger partial charge in [-0.05, 0) is 66.2 Å². The molecule has 0 spiro atoms. The summed E-state index contributed by atoms with van der Waals surface area (Å²) in [4.78, 5) is 23.7. The Morgan fingerprint density at radius 1 is 0.935 bits per heavy atom. The highest BCUT2D eigenvalue weighted by Gasteiger charge is 2.12. The monoisotopic (exact) mass is 519 g/mol. The van der Waals surface area contributed by atoms with E-state index < -0.39 is 11.8 Å². The van der Waals surface area contributed by atoms with Crippen molar-refractivity contribution in [3.05, 3.63) is 92.4 Å². The van der Waals surface area contributed by atoms with Crippen LogP contribution in [0.1, 0.15) is 11.1 Å². The highest BCUT2D eigenvalue weighted by molar-refractivity contribution is 9.10. The van der Waals surface area contributed by atoms with Crippen molar-refractivity contribution in [1.29, 1.82) is 0 Å². The van der Waals surface area contributed by atoms with Gasteiger partial charge in [0.25, 0.3) is 0 Å². The van der Waals surface area contributed by atoms with Crippen molar-refractivity contribution < 1.29 is 14.3 Å².